The molecule has 1 atom stereocenters. The van der Waals surface area contributed by atoms with Crippen LogP contribution in [-0.2, 0) is 6.54 Å². The summed E-state index contributed by atoms with van der Waals surface area (Å²) in [5.74, 6) is 1.37. The number of para-hydroxylation sites is 1. The van der Waals surface area contributed by atoms with Crippen molar-refractivity contribution in [3.05, 3.63) is 47.3 Å². The zero-order chi connectivity index (χ0) is 17.7. The Morgan fingerprint density at radius 2 is 1.80 bits per heavy atom. The Morgan fingerprint density at radius 1 is 1.16 bits per heavy atom. The number of hydrogen-bond donors (Lipinski definition) is 2. The van der Waals surface area contributed by atoms with E-state index in [0.717, 1.165) is 23.0 Å². The monoisotopic (exact) mass is 455 g/mol. The van der Waals surface area contributed by atoms with Crippen LogP contribution >= 0.6 is 24.0 Å². The topological polar surface area (TPSA) is 54.2 Å². The molecule has 0 amide bonds. The highest BCUT2D eigenvalue weighted by molar-refractivity contribution is 14.0. The van der Waals surface area contributed by atoms with E-state index >= 15 is 0 Å². The third-order valence-corrected chi connectivity index (χ3v) is 4.46. The summed E-state index contributed by atoms with van der Waals surface area (Å²) in [6.07, 6.45) is 0. The molecule has 1 aromatic carbocycles. The SMILES string of the molecule is CN=C(NCc1c(C)nn(-c2ccccc2)c1C)NC(C)C(C)C.I. The van der Waals surface area contributed by atoms with Crippen LogP contribution in [0, 0.1) is 19.8 Å². The lowest BCUT2D eigenvalue weighted by Gasteiger charge is -2.20. The van der Waals surface area contributed by atoms with Gasteiger partial charge in [0, 0.05) is 30.9 Å². The minimum atomic E-state index is 0. The van der Waals surface area contributed by atoms with Crippen LogP contribution in [0.1, 0.15) is 37.7 Å². The van der Waals surface area contributed by atoms with Gasteiger partial charge < -0.3 is 10.6 Å². The lowest BCUT2D eigenvalue weighted by atomic mass is 10.1. The molecule has 0 aliphatic rings. The largest absolute Gasteiger partial charge is 0.354 e. The maximum absolute atomic E-state index is 4.69. The van der Waals surface area contributed by atoms with Crippen molar-refractivity contribution < 1.29 is 0 Å². The number of guanidine groups is 1. The van der Waals surface area contributed by atoms with Gasteiger partial charge in [0.2, 0.25) is 0 Å². The minimum absolute atomic E-state index is 0. The summed E-state index contributed by atoms with van der Waals surface area (Å²) in [6.45, 7) is 11.4. The summed E-state index contributed by atoms with van der Waals surface area (Å²) in [4.78, 5) is 4.32. The average molecular weight is 455 g/mol. The number of aryl methyl sites for hydroxylation is 1. The molecule has 138 valence electrons. The second-order valence-corrected chi connectivity index (χ2v) is 6.50. The number of aromatic nitrogens is 2. The van der Waals surface area contributed by atoms with Crippen molar-refractivity contribution in [1.29, 1.82) is 0 Å². The Morgan fingerprint density at radius 3 is 2.36 bits per heavy atom. The van der Waals surface area contributed by atoms with E-state index in [1.165, 1.54) is 5.56 Å². The minimum Gasteiger partial charge on any atom is -0.354 e. The Kier molecular flexibility index (Phi) is 8.41. The van der Waals surface area contributed by atoms with Gasteiger partial charge in [0.15, 0.2) is 5.96 Å². The van der Waals surface area contributed by atoms with Gasteiger partial charge in [-0.15, -0.1) is 24.0 Å². The standard InChI is InChI=1S/C19H29N5.HI/c1-13(2)14(3)22-19(20-6)21-12-18-15(4)23-24(16(18)5)17-10-8-7-9-11-17;/h7-11,13-14H,12H2,1-6H3,(H2,20,21,22);1H. The van der Waals surface area contributed by atoms with E-state index in [-0.39, 0.29) is 24.0 Å². The Balaban J connectivity index is 0.00000312. The maximum Gasteiger partial charge on any atom is 0.191 e. The van der Waals surface area contributed by atoms with Crippen LogP contribution in [0.5, 0.6) is 0 Å². The summed E-state index contributed by atoms with van der Waals surface area (Å²) in [5, 5.41) is 11.5. The molecule has 2 aromatic rings. The summed E-state index contributed by atoms with van der Waals surface area (Å²) >= 11 is 0. The van der Waals surface area contributed by atoms with Crippen molar-refractivity contribution in [2.24, 2.45) is 10.9 Å². The first-order valence-electron chi connectivity index (χ1n) is 8.51. The van der Waals surface area contributed by atoms with Crippen LogP contribution in [-0.4, -0.2) is 28.8 Å². The molecular weight excluding hydrogens is 425 g/mol. The molecule has 6 heteroatoms. The van der Waals surface area contributed by atoms with Gasteiger partial charge in [-0.2, -0.15) is 5.10 Å². The number of aliphatic imine (C=N–C) groups is 1. The number of halogens is 1. The molecule has 1 heterocycles. The molecule has 1 unspecified atom stereocenters. The lowest BCUT2D eigenvalue weighted by Crippen LogP contribution is -2.44. The van der Waals surface area contributed by atoms with Crippen molar-refractivity contribution >= 4 is 29.9 Å². The fraction of sp³-hybridized carbons (Fsp3) is 0.474. The van der Waals surface area contributed by atoms with Gasteiger partial charge in [0.1, 0.15) is 0 Å². The van der Waals surface area contributed by atoms with Crippen molar-refractivity contribution in [1.82, 2.24) is 20.4 Å². The molecule has 5 nitrogen and oxygen atoms in total. The van der Waals surface area contributed by atoms with Gasteiger partial charge in [0.25, 0.3) is 0 Å². The molecule has 0 fully saturated rings. The van der Waals surface area contributed by atoms with E-state index in [4.69, 9.17) is 0 Å². The predicted molar refractivity (Wildman–Crippen MR) is 116 cm³/mol. The van der Waals surface area contributed by atoms with Crippen LogP contribution in [0.3, 0.4) is 0 Å². The first-order valence-corrected chi connectivity index (χ1v) is 8.51. The molecule has 0 aliphatic heterocycles. The molecule has 0 saturated heterocycles. The van der Waals surface area contributed by atoms with E-state index in [0.29, 0.717) is 18.5 Å². The molecule has 0 spiro atoms. The molecule has 0 radical (unpaired) electrons. The van der Waals surface area contributed by atoms with Crippen molar-refractivity contribution in [3.63, 3.8) is 0 Å². The van der Waals surface area contributed by atoms with Crippen LogP contribution in [0.2, 0.25) is 0 Å². The maximum atomic E-state index is 4.69. The zero-order valence-corrected chi connectivity index (χ0v) is 18.3. The van der Waals surface area contributed by atoms with Crippen LogP contribution in [0.4, 0.5) is 0 Å². The second kappa shape index (κ2) is 9.79. The zero-order valence-electron chi connectivity index (χ0n) is 16.0. The first-order chi connectivity index (χ1) is 11.4. The summed E-state index contributed by atoms with van der Waals surface area (Å²) in [6, 6.07) is 10.6. The van der Waals surface area contributed by atoms with E-state index < -0.39 is 0 Å². The van der Waals surface area contributed by atoms with E-state index in [1.54, 1.807) is 7.05 Å². The molecule has 1 aromatic heterocycles. The Bertz CT molecular complexity index is 691. The average Bonchev–Trinajstić information content (AvgIpc) is 2.86. The quantitative estimate of drug-likeness (QED) is 0.410. The number of nitrogens with one attached hydrogen (secondary N) is 2. The van der Waals surface area contributed by atoms with E-state index in [2.05, 4.69) is 67.5 Å². The summed E-state index contributed by atoms with van der Waals surface area (Å²) < 4.78 is 2.00. The third kappa shape index (κ3) is 5.45. The molecule has 2 rings (SSSR count). The first kappa shape index (κ1) is 21.5. The second-order valence-electron chi connectivity index (χ2n) is 6.50. The van der Waals surface area contributed by atoms with Crippen LogP contribution in [0.25, 0.3) is 5.69 Å². The smallest absolute Gasteiger partial charge is 0.191 e. The highest BCUT2D eigenvalue weighted by Gasteiger charge is 2.14. The van der Waals surface area contributed by atoms with Gasteiger partial charge in [-0.25, -0.2) is 4.68 Å². The highest BCUT2D eigenvalue weighted by atomic mass is 127. The molecule has 25 heavy (non-hydrogen) atoms. The van der Waals surface area contributed by atoms with Gasteiger partial charge in [0.05, 0.1) is 11.4 Å². The van der Waals surface area contributed by atoms with Gasteiger partial charge in [-0.1, -0.05) is 32.0 Å². The number of hydrogen-bond acceptors (Lipinski definition) is 2. The van der Waals surface area contributed by atoms with Gasteiger partial charge in [-0.3, -0.25) is 4.99 Å². The molecule has 0 aliphatic carbocycles. The van der Waals surface area contributed by atoms with Crippen LogP contribution < -0.4 is 10.6 Å². The predicted octanol–water partition coefficient (Wildman–Crippen LogP) is 3.82. The Hall–Kier alpha value is -1.57. The van der Waals surface area contributed by atoms with E-state index in [1.807, 2.05) is 22.9 Å². The van der Waals surface area contributed by atoms with E-state index in [9.17, 15) is 0 Å². The number of rotatable bonds is 5. The molecule has 2 N–H and O–H groups in total. The summed E-state index contributed by atoms with van der Waals surface area (Å²) in [7, 11) is 1.80. The van der Waals surface area contributed by atoms with Crippen molar-refractivity contribution in [3.8, 4) is 5.69 Å². The number of benzene rings is 1. The third-order valence-electron chi connectivity index (χ3n) is 4.46. The van der Waals surface area contributed by atoms with Gasteiger partial charge >= 0.3 is 0 Å². The van der Waals surface area contributed by atoms with Crippen LogP contribution in [0.15, 0.2) is 35.3 Å². The number of nitrogens with zero attached hydrogens (tertiary/aromatic N) is 3. The lowest BCUT2D eigenvalue weighted by molar-refractivity contribution is 0.481. The highest BCUT2D eigenvalue weighted by Crippen LogP contribution is 2.17. The fourth-order valence-electron chi connectivity index (χ4n) is 2.50. The molecule has 0 saturated carbocycles. The molecular formula is C19H30IN5. The van der Waals surface area contributed by atoms with Crippen molar-refractivity contribution in [2.75, 3.05) is 7.05 Å². The van der Waals surface area contributed by atoms with Crippen molar-refractivity contribution in [2.45, 2.75) is 47.2 Å². The normalized spacial score (nSPS) is 12.7. The Labute approximate surface area is 168 Å². The molecule has 0 bridgehead atoms. The summed E-state index contributed by atoms with van der Waals surface area (Å²) in [5.41, 5.74) is 4.48. The fourth-order valence-corrected chi connectivity index (χ4v) is 2.50. The van der Waals surface area contributed by atoms with Gasteiger partial charge in [-0.05, 0) is 38.8 Å².